The Balaban J connectivity index is 2.18. The lowest BCUT2D eigenvalue weighted by atomic mass is 10.2. The molecule has 0 amide bonds. The second kappa shape index (κ2) is 5.65. The quantitative estimate of drug-likeness (QED) is 0.647. The molecule has 3 nitrogen and oxygen atoms in total. The van der Waals surface area contributed by atoms with E-state index in [1.165, 1.54) is 0 Å². The van der Waals surface area contributed by atoms with Crippen molar-refractivity contribution in [2.75, 3.05) is 39.3 Å². The van der Waals surface area contributed by atoms with Gasteiger partial charge in [0.2, 0.25) is 0 Å². The van der Waals surface area contributed by atoms with Crippen LogP contribution >= 0.6 is 12.2 Å². The van der Waals surface area contributed by atoms with Gasteiger partial charge in [-0.15, -0.1) is 0 Å². The van der Waals surface area contributed by atoms with Crippen LogP contribution in [0.3, 0.4) is 0 Å². The van der Waals surface area contributed by atoms with Crippen LogP contribution in [0.15, 0.2) is 0 Å². The van der Waals surface area contributed by atoms with Gasteiger partial charge >= 0.3 is 0 Å². The van der Waals surface area contributed by atoms with E-state index in [-0.39, 0.29) is 6.04 Å². The van der Waals surface area contributed by atoms with Crippen LogP contribution in [-0.2, 0) is 0 Å². The first kappa shape index (κ1) is 11.0. The van der Waals surface area contributed by atoms with E-state index in [2.05, 4.69) is 16.7 Å². The molecule has 13 heavy (non-hydrogen) atoms. The third-order valence-electron chi connectivity index (χ3n) is 2.34. The van der Waals surface area contributed by atoms with Gasteiger partial charge in [0.05, 0.1) is 0 Å². The highest BCUT2D eigenvalue weighted by molar-refractivity contribution is 7.79. The van der Waals surface area contributed by atoms with E-state index < -0.39 is 0 Å². The molecule has 0 bridgehead atoms. The van der Waals surface area contributed by atoms with Crippen molar-refractivity contribution < 1.29 is 0 Å². The van der Waals surface area contributed by atoms with Crippen molar-refractivity contribution in [3.05, 3.63) is 0 Å². The molecule has 1 fully saturated rings. The molecule has 1 atom stereocenters. The number of piperazine rings is 1. The Labute approximate surface area is 85.9 Å². The summed E-state index contributed by atoms with van der Waals surface area (Å²) in [5.74, 6) is 0. The highest BCUT2D eigenvalue weighted by atomic mass is 32.1. The lowest BCUT2D eigenvalue weighted by Gasteiger charge is -2.34. The summed E-state index contributed by atoms with van der Waals surface area (Å²) in [4.78, 5) is 4.80. The lowest BCUT2D eigenvalue weighted by molar-refractivity contribution is 0.142. The van der Waals surface area contributed by atoms with E-state index in [1.807, 2.05) is 0 Å². The average Bonchev–Trinajstić information content (AvgIpc) is 2.08. The van der Waals surface area contributed by atoms with Gasteiger partial charge in [-0.1, -0.05) is 12.2 Å². The van der Waals surface area contributed by atoms with Crippen molar-refractivity contribution in [3.63, 3.8) is 0 Å². The van der Waals surface area contributed by atoms with Crippen molar-refractivity contribution in [3.8, 4) is 0 Å². The van der Waals surface area contributed by atoms with Crippen LogP contribution in [0.5, 0.6) is 0 Å². The summed E-state index contributed by atoms with van der Waals surface area (Å²) >= 11 is 4.83. The number of hydrogen-bond acceptors (Lipinski definition) is 4. The first-order chi connectivity index (χ1) is 6.22. The van der Waals surface area contributed by atoms with E-state index in [0.29, 0.717) is 0 Å². The summed E-state index contributed by atoms with van der Waals surface area (Å²) in [6.45, 7) is 8.53. The third kappa shape index (κ3) is 4.13. The van der Waals surface area contributed by atoms with Crippen molar-refractivity contribution in [2.24, 2.45) is 5.73 Å². The molecule has 0 aromatic heterocycles. The van der Waals surface area contributed by atoms with Crippen molar-refractivity contribution in [2.45, 2.75) is 13.0 Å². The Morgan fingerprint density at radius 1 is 1.31 bits per heavy atom. The Hall–Kier alpha value is -0.0300. The van der Waals surface area contributed by atoms with Crippen molar-refractivity contribution in [1.29, 1.82) is 0 Å². The van der Waals surface area contributed by atoms with Crippen LogP contribution in [0.4, 0.5) is 0 Å². The predicted molar refractivity (Wildman–Crippen MR) is 60.2 cm³/mol. The molecule has 0 aliphatic carbocycles. The number of hydrogen-bond donors (Lipinski definition) is 1. The molecule has 4 heteroatoms. The molecule has 1 aliphatic rings. The molecule has 0 saturated carbocycles. The van der Waals surface area contributed by atoms with Gasteiger partial charge in [0.25, 0.3) is 0 Å². The highest BCUT2D eigenvalue weighted by Crippen LogP contribution is 2.00. The fourth-order valence-corrected chi connectivity index (χ4v) is 1.88. The number of nitrogens with zero attached hydrogens (tertiary/aromatic N) is 2. The minimum Gasteiger partial charge on any atom is -0.327 e. The average molecular weight is 201 g/mol. The standard InChI is InChI=1S/C9H19N3S/c1-9(10)8-12-4-2-11(3-5-12)6-7-13/h7,9H,2-6,8,10H2,1H3. The maximum atomic E-state index is 5.74. The summed E-state index contributed by atoms with van der Waals surface area (Å²) in [7, 11) is 0. The maximum absolute atomic E-state index is 5.74. The minimum absolute atomic E-state index is 0.289. The van der Waals surface area contributed by atoms with Gasteiger partial charge in [-0.3, -0.25) is 9.80 Å². The summed E-state index contributed by atoms with van der Waals surface area (Å²) < 4.78 is 0. The monoisotopic (exact) mass is 201 g/mol. The third-order valence-corrected chi connectivity index (χ3v) is 2.49. The lowest BCUT2D eigenvalue weighted by Crippen LogP contribution is -2.49. The van der Waals surface area contributed by atoms with E-state index in [0.717, 1.165) is 39.3 Å². The molecule has 1 unspecified atom stereocenters. The predicted octanol–water partition coefficient (Wildman–Crippen LogP) is -0.0491. The van der Waals surface area contributed by atoms with Crippen LogP contribution in [0.25, 0.3) is 0 Å². The van der Waals surface area contributed by atoms with E-state index >= 15 is 0 Å². The van der Waals surface area contributed by atoms with Crippen LogP contribution in [-0.4, -0.2) is 60.5 Å². The molecular formula is C9H19N3S. The zero-order valence-electron chi connectivity index (χ0n) is 8.28. The number of thiocarbonyl (C=S) groups is 1. The summed E-state index contributed by atoms with van der Waals surface area (Å²) in [5, 5.41) is 1.81. The Morgan fingerprint density at radius 2 is 1.85 bits per heavy atom. The second-order valence-corrected chi connectivity index (χ2v) is 4.08. The molecule has 1 saturated heterocycles. The Morgan fingerprint density at radius 3 is 2.31 bits per heavy atom. The molecule has 0 aromatic rings. The number of rotatable bonds is 4. The van der Waals surface area contributed by atoms with E-state index in [9.17, 15) is 0 Å². The largest absolute Gasteiger partial charge is 0.327 e. The van der Waals surface area contributed by atoms with Crippen molar-refractivity contribution >= 4 is 17.6 Å². The SMILES string of the molecule is CC(N)CN1CCN(CC=S)CC1. The van der Waals surface area contributed by atoms with Gasteiger partial charge in [-0.2, -0.15) is 0 Å². The van der Waals surface area contributed by atoms with Crippen LogP contribution in [0.2, 0.25) is 0 Å². The molecular weight excluding hydrogens is 182 g/mol. The first-order valence-corrected chi connectivity index (χ1v) is 5.33. The zero-order valence-corrected chi connectivity index (χ0v) is 9.09. The zero-order chi connectivity index (χ0) is 9.68. The highest BCUT2D eigenvalue weighted by Gasteiger charge is 2.15. The van der Waals surface area contributed by atoms with Gasteiger partial charge in [0.15, 0.2) is 0 Å². The van der Waals surface area contributed by atoms with Gasteiger partial charge in [0.1, 0.15) is 0 Å². The normalized spacial score (nSPS) is 22.9. The number of nitrogens with two attached hydrogens (primary N) is 1. The molecule has 0 spiro atoms. The maximum Gasteiger partial charge on any atom is 0.0268 e. The van der Waals surface area contributed by atoms with Gasteiger partial charge in [0, 0.05) is 45.3 Å². The second-order valence-electron chi connectivity index (χ2n) is 3.75. The molecule has 0 radical (unpaired) electrons. The molecule has 0 aromatic carbocycles. The summed E-state index contributed by atoms with van der Waals surface area (Å²) in [6, 6.07) is 0.289. The topological polar surface area (TPSA) is 32.5 Å². The molecule has 1 rings (SSSR count). The fraction of sp³-hybridized carbons (Fsp3) is 0.889. The summed E-state index contributed by atoms with van der Waals surface area (Å²) in [5.41, 5.74) is 5.74. The Kier molecular flexibility index (Phi) is 4.80. The van der Waals surface area contributed by atoms with Crippen LogP contribution < -0.4 is 5.73 Å². The Bertz CT molecular complexity index is 153. The van der Waals surface area contributed by atoms with E-state index in [4.69, 9.17) is 18.0 Å². The van der Waals surface area contributed by atoms with Gasteiger partial charge in [-0.25, -0.2) is 0 Å². The molecule has 2 N–H and O–H groups in total. The summed E-state index contributed by atoms with van der Waals surface area (Å²) in [6.07, 6.45) is 0. The van der Waals surface area contributed by atoms with E-state index in [1.54, 1.807) is 5.37 Å². The van der Waals surface area contributed by atoms with Gasteiger partial charge in [-0.05, 0) is 12.3 Å². The minimum atomic E-state index is 0.289. The molecule has 1 aliphatic heterocycles. The van der Waals surface area contributed by atoms with Crippen LogP contribution in [0.1, 0.15) is 6.92 Å². The molecule has 1 heterocycles. The first-order valence-electron chi connectivity index (χ1n) is 4.86. The smallest absolute Gasteiger partial charge is 0.0268 e. The van der Waals surface area contributed by atoms with Gasteiger partial charge < -0.3 is 5.73 Å². The fourth-order valence-electron chi connectivity index (χ4n) is 1.67. The molecule has 76 valence electrons. The van der Waals surface area contributed by atoms with Crippen LogP contribution in [0, 0.1) is 0 Å². The van der Waals surface area contributed by atoms with Crippen molar-refractivity contribution in [1.82, 2.24) is 9.80 Å².